The van der Waals surface area contributed by atoms with Gasteiger partial charge in [-0.15, -0.1) is 11.3 Å². The third-order valence-corrected chi connectivity index (χ3v) is 4.48. The molecule has 1 aliphatic rings. The van der Waals surface area contributed by atoms with Crippen LogP contribution in [0.5, 0.6) is 0 Å². The molecule has 1 aromatic rings. The molecule has 0 aliphatic carbocycles. The van der Waals surface area contributed by atoms with Crippen LogP contribution < -0.4 is 5.32 Å². The number of halogens is 3. The zero-order valence-corrected chi connectivity index (χ0v) is 10.9. The predicted octanol–water partition coefficient (Wildman–Crippen LogP) is 2.56. The Bertz CT molecular complexity index is 447. The van der Waals surface area contributed by atoms with Crippen LogP contribution in [0.3, 0.4) is 0 Å². The van der Waals surface area contributed by atoms with Crippen molar-refractivity contribution in [1.82, 2.24) is 5.32 Å². The molecule has 1 aliphatic heterocycles. The lowest BCUT2D eigenvalue weighted by atomic mass is 10.0. The third-order valence-electron chi connectivity index (χ3n) is 3.13. The maximum Gasteiger partial charge on any atom is 0.397 e. The fraction of sp³-hybridized carbons (Fsp3) is 0.583. The molecular formula is C12H14F3NO2S. The summed E-state index contributed by atoms with van der Waals surface area (Å²) in [6.07, 6.45) is -4.01. The van der Waals surface area contributed by atoms with Crippen LogP contribution >= 0.6 is 11.3 Å². The SMILES string of the molecule is O=C(O)C[C@@H](c1cc2c(s1)CCNCC2)C(F)(F)F. The van der Waals surface area contributed by atoms with Gasteiger partial charge in [-0.2, -0.15) is 13.2 Å². The number of fused-ring (bicyclic) bond motifs is 1. The van der Waals surface area contributed by atoms with Gasteiger partial charge in [0.25, 0.3) is 0 Å². The molecule has 1 aromatic heterocycles. The molecule has 2 heterocycles. The minimum atomic E-state index is -4.51. The van der Waals surface area contributed by atoms with Crippen LogP contribution in [0.4, 0.5) is 13.2 Å². The molecule has 0 saturated carbocycles. The summed E-state index contributed by atoms with van der Waals surface area (Å²) in [5, 5.41) is 11.8. The zero-order valence-electron chi connectivity index (χ0n) is 10.1. The molecule has 2 rings (SSSR count). The van der Waals surface area contributed by atoms with Crippen LogP contribution in [0.25, 0.3) is 0 Å². The summed E-state index contributed by atoms with van der Waals surface area (Å²) in [5.74, 6) is -3.32. The smallest absolute Gasteiger partial charge is 0.397 e. The Morgan fingerprint density at radius 3 is 2.74 bits per heavy atom. The molecular weight excluding hydrogens is 279 g/mol. The van der Waals surface area contributed by atoms with Crippen molar-refractivity contribution < 1.29 is 23.1 Å². The molecule has 0 fully saturated rings. The van der Waals surface area contributed by atoms with Gasteiger partial charge >= 0.3 is 12.1 Å². The maximum absolute atomic E-state index is 12.9. The van der Waals surface area contributed by atoms with E-state index in [9.17, 15) is 18.0 Å². The highest BCUT2D eigenvalue weighted by molar-refractivity contribution is 7.12. The number of nitrogens with one attached hydrogen (secondary N) is 1. The number of hydrogen-bond acceptors (Lipinski definition) is 3. The van der Waals surface area contributed by atoms with Crippen LogP contribution in [0.15, 0.2) is 6.07 Å². The second-order valence-corrected chi connectivity index (χ2v) is 5.71. The Hall–Kier alpha value is -1.08. The molecule has 0 spiro atoms. The Morgan fingerprint density at radius 2 is 2.11 bits per heavy atom. The fourth-order valence-corrected chi connectivity index (χ4v) is 3.53. The van der Waals surface area contributed by atoms with Crippen molar-refractivity contribution in [2.24, 2.45) is 0 Å². The first-order valence-electron chi connectivity index (χ1n) is 5.98. The Morgan fingerprint density at radius 1 is 1.42 bits per heavy atom. The average molecular weight is 293 g/mol. The van der Waals surface area contributed by atoms with Crippen LogP contribution in [-0.2, 0) is 17.6 Å². The van der Waals surface area contributed by atoms with E-state index in [1.807, 2.05) is 0 Å². The van der Waals surface area contributed by atoms with Crippen LogP contribution in [0.2, 0.25) is 0 Å². The van der Waals surface area contributed by atoms with Crippen molar-refractivity contribution in [3.8, 4) is 0 Å². The standard InChI is InChI=1S/C12H14F3NO2S/c13-12(14,15)8(6-11(17)18)10-5-7-1-3-16-4-2-9(7)19-10/h5,8,16H,1-4,6H2,(H,17,18)/t8-/m0/s1. The lowest BCUT2D eigenvalue weighted by Crippen LogP contribution is -2.23. The molecule has 0 aromatic carbocycles. The number of alkyl halides is 3. The molecule has 2 N–H and O–H groups in total. The quantitative estimate of drug-likeness (QED) is 0.900. The Labute approximate surface area is 112 Å². The second-order valence-electron chi connectivity index (χ2n) is 4.54. The van der Waals surface area contributed by atoms with Crippen LogP contribution in [0, 0.1) is 0 Å². The Kier molecular flexibility index (Phi) is 4.15. The monoisotopic (exact) mass is 293 g/mol. The van der Waals surface area contributed by atoms with E-state index in [4.69, 9.17) is 5.11 Å². The van der Waals surface area contributed by atoms with Gasteiger partial charge in [-0.25, -0.2) is 0 Å². The molecule has 0 saturated heterocycles. The first-order valence-corrected chi connectivity index (χ1v) is 6.80. The van der Waals surface area contributed by atoms with Crippen LogP contribution in [-0.4, -0.2) is 30.3 Å². The molecule has 0 radical (unpaired) electrons. The summed E-state index contributed by atoms with van der Waals surface area (Å²) in [6, 6.07) is 1.54. The largest absolute Gasteiger partial charge is 0.481 e. The van der Waals surface area contributed by atoms with Crippen molar-refractivity contribution in [2.45, 2.75) is 31.4 Å². The summed E-state index contributed by atoms with van der Waals surface area (Å²) in [6.45, 7) is 1.50. The van der Waals surface area contributed by atoms with E-state index in [0.717, 1.165) is 34.9 Å². The topological polar surface area (TPSA) is 49.3 Å². The minimum absolute atomic E-state index is 0.127. The molecule has 0 amide bonds. The number of carboxylic acids is 1. The van der Waals surface area contributed by atoms with E-state index in [-0.39, 0.29) is 4.88 Å². The van der Waals surface area contributed by atoms with Gasteiger partial charge in [0, 0.05) is 9.75 Å². The second kappa shape index (κ2) is 5.50. The highest BCUT2D eigenvalue weighted by Gasteiger charge is 2.43. The maximum atomic E-state index is 12.9. The number of aliphatic carboxylic acids is 1. The first-order chi connectivity index (χ1) is 8.88. The third kappa shape index (κ3) is 3.48. The van der Waals surface area contributed by atoms with E-state index >= 15 is 0 Å². The zero-order chi connectivity index (χ0) is 14.0. The van der Waals surface area contributed by atoms with Crippen molar-refractivity contribution in [3.63, 3.8) is 0 Å². The first kappa shape index (κ1) is 14.3. The van der Waals surface area contributed by atoms with Gasteiger partial charge in [0.1, 0.15) is 0 Å². The number of thiophene rings is 1. The summed E-state index contributed by atoms with van der Waals surface area (Å²) in [4.78, 5) is 11.7. The van der Waals surface area contributed by atoms with E-state index in [0.29, 0.717) is 12.8 Å². The van der Waals surface area contributed by atoms with Gasteiger partial charge in [0.05, 0.1) is 12.3 Å². The summed E-state index contributed by atoms with van der Waals surface area (Å²) >= 11 is 1.10. The molecule has 19 heavy (non-hydrogen) atoms. The van der Waals surface area contributed by atoms with E-state index in [1.54, 1.807) is 0 Å². The highest BCUT2D eigenvalue weighted by Crippen LogP contribution is 2.42. The van der Waals surface area contributed by atoms with Crippen LogP contribution in [0.1, 0.15) is 27.7 Å². The fourth-order valence-electron chi connectivity index (χ4n) is 2.19. The molecule has 0 bridgehead atoms. The van der Waals surface area contributed by atoms with Gasteiger partial charge in [-0.3, -0.25) is 4.79 Å². The summed E-state index contributed by atoms with van der Waals surface area (Å²) in [7, 11) is 0. The lowest BCUT2D eigenvalue weighted by Gasteiger charge is -2.16. The molecule has 1 atom stereocenters. The number of rotatable bonds is 3. The van der Waals surface area contributed by atoms with Crippen molar-refractivity contribution >= 4 is 17.3 Å². The van der Waals surface area contributed by atoms with Gasteiger partial charge < -0.3 is 10.4 Å². The van der Waals surface area contributed by atoms with E-state index < -0.39 is 24.5 Å². The normalized spacial score (nSPS) is 17.6. The average Bonchev–Trinajstić information content (AvgIpc) is 2.55. The van der Waals surface area contributed by atoms with Gasteiger partial charge in [-0.1, -0.05) is 0 Å². The molecule has 0 unspecified atom stereocenters. The minimum Gasteiger partial charge on any atom is -0.481 e. The molecule has 7 heteroatoms. The Balaban J connectivity index is 2.29. The predicted molar refractivity (Wildman–Crippen MR) is 65.6 cm³/mol. The molecule has 3 nitrogen and oxygen atoms in total. The number of hydrogen-bond donors (Lipinski definition) is 2. The highest BCUT2D eigenvalue weighted by atomic mass is 32.1. The summed E-state index contributed by atoms with van der Waals surface area (Å²) in [5.41, 5.74) is 0.921. The van der Waals surface area contributed by atoms with Gasteiger partial charge in [0.2, 0.25) is 0 Å². The van der Waals surface area contributed by atoms with Crippen molar-refractivity contribution in [1.29, 1.82) is 0 Å². The number of carboxylic acid groups (broad SMARTS) is 1. The van der Waals surface area contributed by atoms with E-state index in [1.165, 1.54) is 6.07 Å². The van der Waals surface area contributed by atoms with Gasteiger partial charge in [-0.05, 0) is 37.6 Å². The van der Waals surface area contributed by atoms with Crippen molar-refractivity contribution in [2.75, 3.05) is 13.1 Å². The lowest BCUT2D eigenvalue weighted by molar-refractivity contribution is -0.162. The molecule has 106 valence electrons. The van der Waals surface area contributed by atoms with E-state index in [2.05, 4.69) is 5.32 Å². The van der Waals surface area contributed by atoms with Gasteiger partial charge in [0.15, 0.2) is 0 Å². The van der Waals surface area contributed by atoms with Crippen molar-refractivity contribution in [3.05, 3.63) is 21.4 Å². The summed E-state index contributed by atoms with van der Waals surface area (Å²) < 4.78 is 38.8. The number of carbonyl (C=O) groups is 1.